The van der Waals surface area contributed by atoms with Crippen LogP contribution in [0, 0.1) is 11.8 Å². The largest absolute Gasteiger partial charge is 0.467 e. The highest BCUT2D eigenvalue weighted by molar-refractivity contribution is 5.79. The highest BCUT2D eigenvalue weighted by Gasteiger charge is 2.43. The van der Waals surface area contributed by atoms with Gasteiger partial charge in [-0.2, -0.15) is 0 Å². The topological polar surface area (TPSA) is 76.2 Å². The number of carbonyl (C=O) groups excluding carboxylic acids is 1. The summed E-state index contributed by atoms with van der Waals surface area (Å²) in [6.07, 6.45) is 5.84. The number of fused-ring (bicyclic) bond motifs is 3. The molecule has 0 radical (unpaired) electrons. The van der Waals surface area contributed by atoms with Gasteiger partial charge in [-0.3, -0.25) is 14.4 Å². The first-order chi connectivity index (χ1) is 12.9. The molecule has 3 saturated heterocycles. The Hall–Kier alpha value is -2.15. The minimum atomic E-state index is 0.0152. The van der Waals surface area contributed by atoms with E-state index in [1.165, 1.54) is 0 Å². The summed E-state index contributed by atoms with van der Waals surface area (Å²) in [7, 11) is 0. The lowest BCUT2D eigenvalue weighted by Gasteiger charge is -2.49. The number of piperidine rings is 3. The van der Waals surface area contributed by atoms with Crippen LogP contribution in [0.1, 0.15) is 45.1 Å². The van der Waals surface area contributed by atoms with Crippen LogP contribution in [0.2, 0.25) is 0 Å². The average Bonchev–Trinajstić information content (AvgIpc) is 3.31. The Balaban J connectivity index is 1.34. The van der Waals surface area contributed by atoms with Gasteiger partial charge in [-0.1, -0.05) is 26.0 Å². The van der Waals surface area contributed by atoms with E-state index < -0.39 is 0 Å². The SMILES string of the molecule is CC(C)(C)c1cn(C[C@H]2C[C@H]3CCN2C[C@@H]3C(=O)NCc2ccco2)nn1. The second-order valence-electron chi connectivity index (χ2n) is 8.91. The van der Waals surface area contributed by atoms with E-state index in [2.05, 4.69) is 47.5 Å². The van der Waals surface area contributed by atoms with Gasteiger partial charge in [0, 0.05) is 24.2 Å². The highest BCUT2D eigenvalue weighted by Crippen LogP contribution is 2.37. The first-order valence-corrected chi connectivity index (χ1v) is 9.85. The van der Waals surface area contributed by atoms with Crippen molar-refractivity contribution in [1.29, 1.82) is 0 Å². The summed E-state index contributed by atoms with van der Waals surface area (Å²) in [5, 5.41) is 11.7. The van der Waals surface area contributed by atoms with Crippen LogP contribution < -0.4 is 5.32 Å². The standard InChI is InChI=1S/C20H29N5O2/c1-20(2,3)18-13-25(23-22-18)11-15-9-14-6-7-24(15)12-17(14)19(26)21-10-16-5-4-8-27-16/h4-5,8,13-15,17H,6-7,9-12H2,1-3H3,(H,21,26)/t14-,15-,17+/m1/s1. The molecule has 2 aromatic rings. The third kappa shape index (κ3) is 3.93. The number of nitrogens with one attached hydrogen (secondary N) is 1. The smallest absolute Gasteiger partial charge is 0.225 e. The minimum absolute atomic E-state index is 0.0152. The van der Waals surface area contributed by atoms with Gasteiger partial charge in [-0.05, 0) is 37.4 Å². The number of nitrogens with zero attached hydrogens (tertiary/aromatic N) is 4. The monoisotopic (exact) mass is 371 g/mol. The lowest BCUT2D eigenvalue weighted by atomic mass is 9.75. The van der Waals surface area contributed by atoms with Gasteiger partial charge in [-0.15, -0.1) is 5.10 Å². The summed E-state index contributed by atoms with van der Waals surface area (Å²) >= 11 is 0. The molecule has 146 valence electrons. The van der Waals surface area contributed by atoms with Gasteiger partial charge >= 0.3 is 0 Å². The normalized spacial score (nSPS) is 27.7. The first-order valence-electron chi connectivity index (χ1n) is 9.85. The van der Waals surface area contributed by atoms with E-state index >= 15 is 0 Å². The van der Waals surface area contributed by atoms with E-state index in [0.29, 0.717) is 18.5 Å². The van der Waals surface area contributed by atoms with Crippen LogP contribution in [0.5, 0.6) is 0 Å². The van der Waals surface area contributed by atoms with Crippen molar-refractivity contribution in [2.75, 3.05) is 13.1 Å². The summed E-state index contributed by atoms with van der Waals surface area (Å²) in [5.74, 6) is 1.46. The molecule has 2 aromatic heterocycles. The van der Waals surface area contributed by atoms with E-state index in [9.17, 15) is 4.79 Å². The fraction of sp³-hybridized carbons (Fsp3) is 0.650. The van der Waals surface area contributed by atoms with Crippen molar-refractivity contribution >= 4 is 5.91 Å². The van der Waals surface area contributed by atoms with Crippen LogP contribution in [0.3, 0.4) is 0 Å². The van der Waals surface area contributed by atoms with Crippen molar-refractivity contribution in [1.82, 2.24) is 25.2 Å². The van der Waals surface area contributed by atoms with Gasteiger partial charge in [-0.25, -0.2) is 0 Å². The minimum Gasteiger partial charge on any atom is -0.467 e. The fourth-order valence-corrected chi connectivity index (χ4v) is 4.29. The Morgan fingerprint density at radius 3 is 2.89 bits per heavy atom. The third-order valence-electron chi connectivity index (χ3n) is 5.94. The molecule has 1 N–H and O–H groups in total. The molecule has 5 heterocycles. The average molecular weight is 371 g/mol. The number of hydrogen-bond acceptors (Lipinski definition) is 5. The van der Waals surface area contributed by atoms with Gasteiger partial charge < -0.3 is 9.73 Å². The molecule has 3 aliphatic heterocycles. The lowest BCUT2D eigenvalue weighted by Crippen LogP contribution is -2.57. The molecule has 2 bridgehead atoms. The maximum Gasteiger partial charge on any atom is 0.225 e. The van der Waals surface area contributed by atoms with Gasteiger partial charge in [0.05, 0.1) is 31.0 Å². The predicted molar refractivity (Wildman–Crippen MR) is 101 cm³/mol. The molecular formula is C20H29N5O2. The van der Waals surface area contributed by atoms with Crippen molar-refractivity contribution < 1.29 is 9.21 Å². The molecule has 0 aromatic carbocycles. The molecule has 1 unspecified atom stereocenters. The van der Waals surface area contributed by atoms with Crippen molar-refractivity contribution in [3.63, 3.8) is 0 Å². The van der Waals surface area contributed by atoms with Gasteiger partial charge in [0.25, 0.3) is 0 Å². The molecule has 1 amide bonds. The van der Waals surface area contributed by atoms with Crippen LogP contribution >= 0.6 is 0 Å². The van der Waals surface area contributed by atoms with Crippen LogP contribution in [-0.2, 0) is 23.3 Å². The van der Waals surface area contributed by atoms with Crippen molar-refractivity contribution in [2.45, 2.75) is 58.2 Å². The zero-order valence-electron chi connectivity index (χ0n) is 16.4. The Bertz CT molecular complexity index is 777. The van der Waals surface area contributed by atoms with E-state index in [1.54, 1.807) is 6.26 Å². The maximum atomic E-state index is 12.7. The molecule has 3 aliphatic rings. The molecule has 27 heavy (non-hydrogen) atoms. The van der Waals surface area contributed by atoms with E-state index in [4.69, 9.17) is 4.42 Å². The van der Waals surface area contributed by atoms with Crippen LogP contribution in [0.15, 0.2) is 29.0 Å². The highest BCUT2D eigenvalue weighted by atomic mass is 16.3. The summed E-state index contributed by atoms with van der Waals surface area (Å²) < 4.78 is 7.27. The zero-order chi connectivity index (χ0) is 19.0. The van der Waals surface area contributed by atoms with Crippen molar-refractivity contribution in [3.05, 3.63) is 36.0 Å². The molecule has 3 fully saturated rings. The fourth-order valence-electron chi connectivity index (χ4n) is 4.29. The van der Waals surface area contributed by atoms with E-state index in [0.717, 1.165) is 43.9 Å². The third-order valence-corrected chi connectivity index (χ3v) is 5.94. The molecule has 7 nitrogen and oxygen atoms in total. The number of carbonyl (C=O) groups is 1. The number of rotatable bonds is 5. The Kier molecular flexibility index (Phi) is 4.80. The summed E-state index contributed by atoms with van der Waals surface area (Å²) in [6.45, 7) is 9.67. The zero-order valence-corrected chi connectivity index (χ0v) is 16.4. The summed E-state index contributed by atoms with van der Waals surface area (Å²) in [6, 6.07) is 4.17. The Morgan fingerprint density at radius 2 is 2.26 bits per heavy atom. The maximum absolute atomic E-state index is 12.7. The number of hydrogen-bond donors (Lipinski definition) is 1. The summed E-state index contributed by atoms with van der Waals surface area (Å²) in [4.78, 5) is 15.1. The van der Waals surface area contributed by atoms with Crippen molar-refractivity contribution in [2.24, 2.45) is 11.8 Å². The predicted octanol–water partition coefficient (Wildman–Crippen LogP) is 2.20. The van der Waals surface area contributed by atoms with Crippen LogP contribution in [0.25, 0.3) is 0 Å². The molecule has 7 heteroatoms. The second kappa shape index (κ2) is 7.11. The van der Waals surface area contributed by atoms with Gasteiger partial charge in [0.15, 0.2) is 0 Å². The second-order valence-corrected chi connectivity index (χ2v) is 8.91. The van der Waals surface area contributed by atoms with Gasteiger partial charge in [0.1, 0.15) is 5.76 Å². The number of aromatic nitrogens is 3. The molecule has 0 saturated carbocycles. The number of amides is 1. The summed E-state index contributed by atoms with van der Waals surface area (Å²) in [5.41, 5.74) is 1.04. The molecule has 0 aliphatic carbocycles. The van der Waals surface area contributed by atoms with Crippen LogP contribution in [-0.4, -0.2) is 44.9 Å². The number of furan rings is 1. The molecule has 5 rings (SSSR count). The first kappa shape index (κ1) is 18.2. The lowest BCUT2D eigenvalue weighted by molar-refractivity contribution is -0.133. The van der Waals surface area contributed by atoms with E-state index in [-0.39, 0.29) is 17.2 Å². The molecule has 4 atom stereocenters. The van der Waals surface area contributed by atoms with Crippen LogP contribution in [0.4, 0.5) is 0 Å². The van der Waals surface area contributed by atoms with E-state index in [1.807, 2.05) is 16.8 Å². The Morgan fingerprint density at radius 1 is 1.41 bits per heavy atom. The quantitative estimate of drug-likeness (QED) is 0.872. The molecule has 0 spiro atoms. The Labute approximate surface area is 160 Å². The van der Waals surface area contributed by atoms with Gasteiger partial charge in [0.2, 0.25) is 5.91 Å². The molecular weight excluding hydrogens is 342 g/mol. The van der Waals surface area contributed by atoms with Crippen molar-refractivity contribution in [3.8, 4) is 0 Å².